The second-order valence-electron chi connectivity index (χ2n) is 9.57. The molecule has 6 rings (SSSR count). The Bertz CT molecular complexity index is 1590. The number of fused-ring (bicyclic) bond motifs is 2. The SMILES string of the molecule is CN(Cc1cccc(F)c1)c1ncnc2c1ncn2C1CCC(COCc2ccc3ccccc3c2Br)O1. The maximum Gasteiger partial charge on any atom is 0.167 e. The van der Waals surface area contributed by atoms with Gasteiger partial charge in [-0.2, -0.15) is 0 Å². The van der Waals surface area contributed by atoms with Crippen molar-refractivity contribution in [3.8, 4) is 0 Å². The zero-order valence-electron chi connectivity index (χ0n) is 20.9. The summed E-state index contributed by atoms with van der Waals surface area (Å²) in [5.41, 5.74) is 3.38. The van der Waals surface area contributed by atoms with E-state index in [0.717, 1.165) is 28.4 Å². The fourth-order valence-electron chi connectivity index (χ4n) is 5.02. The number of imidazole rings is 1. The molecule has 3 heterocycles. The van der Waals surface area contributed by atoms with E-state index in [0.29, 0.717) is 36.7 Å². The number of hydrogen-bond acceptors (Lipinski definition) is 6. The predicted molar refractivity (Wildman–Crippen MR) is 148 cm³/mol. The maximum absolute atomic E-state index is 13.6. The average Bonchev–Trinajstić information content (AvgIpc) is 3.57. The summed E-state index contributed by atoms with van der Waals surface area (Å²) in [7, 11) is 1.92. The molecule has 1 aliphatic heterocycles. The van der Waals surface area contributed by atoms with Gasteiger partial charge in [-0.3, -0.25) is 4.57 Å². The van der Waals surface area contributed by atoms with Crippen molar-refractivity contribution in [2.75, 3.05) is 18.6 Å². The van der Waals surface area contributed by atoms with Crippen LogP contribution in [0.3, 0.4) is 0 Å². The highest BCUT2D eigenvalue weighted by Gasteiger charge is 2.29. The van der Waals surface area contributed by atoms with Crippen molar-refractivity contribution in [1.82, 2.24) is 19.5 Å². The van der Waals surface area contributed by atoms with Crippen molar-refractivity contribution in [3.63, 3.8) is 0 Å². The van der Waals surface area contributed by atoms with E-state index in [1.165, 1.54) is 29.2 Å². The molecule has 9 heteroatoms. The van der Waals surface area contributed by atoms with Crippen molar-refractivity contribution in [2.45, 2.75) is 38.3 Å². The molecule has 38 heavy (non-hydrogen) atoms. The molecule has 0 aliphatic carbocycles. The van der Waals surface area contributed by atoms with Gasteiger partial charge in [0.1, 0.15) is 18.4 Å². The standard InChI is InChI=1S/C29H27BrFN5O2/c1-35(14-19-5-4-7-22(31)13-19)28-27-29(33-17-32-28)36(18-34-27)25-12-11-23(38-25)16-37-15-21-10-9-20-6-2-3-8-24(20)26(21)30/h2-10,13,17-18,23,25H,11-12,14-16H2,1H3. The smallest absolute Gasteiger partial charge is 0.167 e. The van der Waals surface area contributed by atoms with Crippen molar-refractivity contribution in [3.05, 3.63) is 94.7 Å². The van der Waals surface area contributed by atoms with Gasteiger partial charge in [0.2, 0.25) is 0 Å². The first-order valence-corrected chi connectivity index (χ1v) is 13.4. The Morgan fingerprint density at radius 1 is 1.08 bits per heavy atom. The van der Waals surface area contributed by atoms with Crippen LogP contribution in [0.5, 0.6) is 0 Å². The second kappa shape index (κ2) is 10.8. The van der Waals surface area contributed by atoms with Gasteiger partial charge in [0.25, 0.3) is 0 Å². The summed E-state index contributed by atoms with van der Waals surface area (Å²) in [6, 6.07) is 19.1. The van der Waals surface area contributed by atoms with Crippen LogP contribution in [0.4, 0.5) is 10.2 Å². The molecule has 0 N–H and O–H groups in total. The van der Waals surface area contributed by atoms with Gasteiger partial charge in [-0.15, -0.1) is 0 Å². The number of benzene rings is 3. The first-order valence-electron chi connectivity index (χ1n) is 12.6. The van der Waals surface area contributed by atoms with Crippen LogP contribution in [0, 0.1) is 5.82 Å². The lowest BCUT2D eigenvalue weighted by molar-refractivity contribution is -0.0434. The second-order valence-corrected chi connectivity index (χ2v) is 10.4. The highest BCUT2D eigenvalue weighted by atomic mass is 79.9. The molecule has 1 saturated heterocycles. The molecule has 0 saturated carbocycles. The summed E-state index contributed by atoms with van der Waals surface area (Å²) in [4.78, 5) is 15.5. The minimum atomic E-state index is -0.255. The van der Waals surface area contributed by atoms with Crippen LogP contribution in [0.2, 0.25) is 0 Å². The summed E-state index contributed by atoms with van der Waals surface area (Å²) in [6.07, 6.45) is 4.86. The first-order chi connectivity index (χ1) is 18.6. The van der Waals surface area contributed by atoms with Gasteiger partial charge < -0.3 is 14.4 Å². The Morgan fingerprint density at radius 3 is 2.87 bits per heavy atom. The van der Waals surface area contributed by atoms with Crippen LogP contribution < -0.4 is 4.90 Å². The third-order valence-electron chi connectivity index (χ3n) is 6.91. The topological polar surface area (TPSA) is 65.3 Å². The Morgan fingerprint density at radius 2 is 1.97 bits per heavy atom. The van der Waals surface area contributed by atoms with Crippen molar-refractivity contribution in [1.29, 1.82) is 0 Å². The van der Waals surface area contributed by atoms with E-state index in [1.807, 2.05) is 34.7 Å². The molecule has 5 aromatic rings. The molecule has 2 unspecified atom stereocenters. The molecule has 1 aliphatic rings. The molecule has 0 radical (unpaired) electrons. The monoisotopic (exact) mass is 575 g/mol. The predicted octanol–water partition coefficient (Wildman–Crippen LogP) is 6.41. The fourth-order valence-corrected chi connectivity index (χ4v) is 5.63. The van der Waals surface area contributed by atoms with E-state index in [2.05, 4.69) is 55.1 Å². The van der Waals surface area contributed by atoms with Gasteiger partial charge in [0, 0.05) is 18.1 Å². The zero-order chi connectivity index (χ0) is 26.1. The summed E-state index contributed by atoms with van der Waals surface area (Å²) in [5, 5.41) is 2.38. The third-order valence-corrected chi connectivity index (χ3v) is 7.85. The van der Waals surface area contributed by atoms with Gasteiger partial charge in [0.05, 0.1) is 25.6 Å². The summed E-state index contributed by atoms with van der Waals surface area (Å²) >= 11 is 3.74. The summed E-state index contributed by atoms with van der Waals surface area (Å²) in [6.45, 7) is 1.53. The lowest BCUT2D eigenvalue weighted by Crippen LogP contribution is -2.19. The van der Waals surface area contributed by atoms with Gasteiger partial charge in [0.15, 0.2) is 17.0 Å². The molecular formula is C29H27BrFN5O2. The summed E-state index contributed by atoms with van der Waals surface area (Å²) < 4.78 is 29.1. The molecule has 0 spiro atoms. The first kappa shape index (κ1) is 24.9. The van der Waals surface area contributed by atoms with E-state index in [4.69, 9.17) is 9.47 Å². The van der Waals surface area contributed by atoms with Crippen LogP contribution in [0.15, 0.2) is 77.8 Å². The molecule has 3 aromatic carbocycles. The van der Waals surface area contributed by atoms with Crippen LogP contribution in [0.1, 0.15) is 30.2 Å². The molecule has 1 fully saturated rings. The Labute approximate surface area is 228 Å². The lowest BCUT2D eigenvalue weighted by atomic mass is 10.1. The Hall–Kier alpha value is -3.40. The fraction of sp³-hybridized carbons (Fsp3) is 0.276. The number of anilines is 1. The van der Waals surface area contributed by atoms with Crippen LogP contribution in [0.25, 0.3) is 21.9 Å². The number of rotatable bonds is 8. The van der Waals surface area contributed by atoms with Crippen LogP contribution >= 0.6 is 15.9 Å². The van der Waals surface area contributed by atoms with E-state index >= 15 is 0 Å². The normalized spacial score (nSPS) is 17.4. The van der Waals surface area contributed by atoms with Gasteiger partial charge in [-0.25, -0.2) is 19.3 Å². The number of nitrogens with zero attached hydrogens (tertiary/aromatic N) is 5. The molecule has 194 valence electrons. The van der Waals surface area contributed by atoms with Crippen molar-refractivity contribution < 1.29 is 13.9 Å². The number of hydrogen-bond donors (Lipinski definition) is 0. The number of aromatic nitrogens is 4. The van der Waals surface area contributed by atoms with Gasteiger partial charge in [-0.05, 0) is 62.8 Å². The zero-order valence-corrected chi connectivity index (χ0v) is 22.5. The minimum Gasteiger partial charge on any atom is -0.374 e. The largest absolute Gasteiger partial charge is 0.374 e. The maximum atomic E-state index is 13.6. The quantitative estimate of drug-likeness (QED) is 0.213. The lowest BCUT2D eigenvalue weighted by Gasteiger charge is -2.19. The van der Waals surface area contributed by atoms with Crippen LogP contribution in [-0.2, 0) is 22.6 Å². The van der Waals surface area contributed by atoms with E-state index in [9.17, 15) is 4.39 Å². The van der Waals surface area contributed by atoms with E-state index < -0.39 is 0 Å². The van der Waals surface area contributed by atoms with Crippen molar-refractivity contribution >= 4 is 43.7 Å². The molecule has 0 bridgehead atoms. The number of ether oxygens (including phenoxy) is 2. The minimum absolute atomic E-state index is 0.00589. The van der Waals surface area contributed by atoms with Crippen LogP contribution in [-0.4, -0.2) is 39.3 Å². The molecular weight excluding hydrogens is 549 g/mol. The molecule has 0 amide bonds. The summed E-state index contributed by atoms with van der Waals surface area (Å²) in [5.74, 6) is 0.437. The average molecular weight is 576 g/mol. The molecule has 2 aromatic heterocycles. The van der Waals surface area contributed by atoms with E-state index in [-0.39, 0.29) is 18.1 Å². The van der Waals surface area contributed by atoms with Crippen molar-refractivity contribution in [2.24, 2.45) is 0 Å². The van der Waals surface area contributed by atoms with E-state index in [1.54, 1.807) is 12.4 Å². The Kier molecular flexibility index (Phi) is 7.06. The number of halogens is 2. The molecule has 2 atom stereocenters. The highest BCUT2D eigenvalue weighted by Crippen LogP contribution is 2.33. The highest BCUT2D eigenvalue weighted by molar-refractivity contribution is 9.10. The molecule has 7 nitrogen and oxygen atoms in total. The van der Waals surface area contributed by atoms with Gasteiger partial charge in [-0.1, -0.05) is 48.5 Å². The van der Waals surface area contributed by atoms with Gasteiger partial charge >= 0.3 is 0 Å². The third kappa shape index (κ3) is 5.01. The Balaban J connectivity index is 1.10.